The van der Waals surface area contributed by atoms with Gasteiger partial charge in [-0.3, -0.25) is 24.5 Å². The lowest BCUT2D eigenvalue weighted by atomic mass is 10.0. The molecule has 0 spiro atoms. The molecule has 4 atom stereocenters. The Morgan fingerprint density at radius 2 is 2.06 bits per heavy atom. The molecule has 2 fully saturated rings. The molecular formula is C23H22N6O5. The molecule has 4 amide bonds. The van der Waals surface area contributed by atoms with E-state index >= 15 is 0 Å². The van der Waals surface area contributed by atoms with Gasteiger partial charge in [0.15, 0.2) is 5.69 Å². The van der Waals surface area contributed by atoms with Gasteiger partial charge in [0.2, 0.25) is 11.8 Å². The molecule has 34 heavy (non-hydrogen) atoms. The van der Waals surface area contributed by atoms with Crippen LogP contribution in [0.5, 0.6) is 0 Å². The third-order valence-electron chi connectivity index (χ3n) is 7.21. The van der Waals surface area contributed by atoms with E-state index in [1.54, 1.807) is 29.3 Å². The summed E-state index contributed by atoms with van der Waals surface area (Å²) in [6.07, 6.45) is 6.90. The van der Waals surface area contributed by atoms with E-state index in [-0.39, 0.29) is 61.0 Å². The summed E-state index contributed by atoms with van der Waals surface area (Å²) < 4.78 is 1.48. The van der Waals surface area contributed by atoms with E-state index in [0.29, 0.717) is 17.7 Å². The molecule has 174 valence electrons. The van der Waals surface area contributed by atoms with Gasteiger partial charge >= 0.3 is 0 Å². The highest BCUT2D eigenvalue weighted by Crippen LogP contribution is 2.38. The number of carbonyl (C=O) groups is 4. The largest absolute Gasteiger partial charge is 0.394 e. The number of hydrogen-bond donors (Lipinski definition) is 2. The maximum Gasteiger partial charge on any atom is 0.276 e. The normalized spacial score (nSPS) is 27.5. The van der Waals surface area contributed by atoms with Crippen LogP contribution in [-0.2, 0) is 16.1 Å². The summed E-state index contributed by atoms with van der Waals surface area (Å²) in [5.74, 6) is -1.15. The van der Waals surface area contributed by atoms with Crippen molar-refractivity contribution in [1.29, 1.82) is 0 Å². The summed E-state index contributed by atoms with van der Waals surface area (Å²) in [7, 11) is 0. The monoisotopic (exact) mass is 462 g/mol. The van der Waals surface area contributed by atoms with Crippen molar-refractivity contribution < 1.29 is 24.3 Å². The molecule has 6 rings (SSSR count). The molecule has 0 saturated carbocycles. The number of benzene rings is 1. The number of imide groups is 1. The second kappa shape index (κ2) is 7.59. The average Bonchev–Trinajstić information content (AvgIpc) is 3.62. The molecule has 4 aliphatic rings. The fraction of sp³-hybridized carbons (Fsp3) is 0.391. The van der Waals surface area contributed by atoms with Gasteiger partial charge < -0.3 is 14.9 Å². The van der Waals surface area contributed by atoms with Gasteiger partial charge in [-0.1, -0.05) is 17.4 Å². The SMILES string of the molecule is O=C1CCC(N2Cc3cc(-n4cc(C(=O)N5C6C=CC(C6)C5CO)nn4)ccc3C2=O)C(=O)N1. The first-order valence-electron chi connectivity index (χ1n) is 11.3. The molecule has 0 radical (unpaired) electrons. The van der Waals surface area contributed by atoms with Crippen molar-refractivity contribution in [3.8, 4) is 5.69 Å². The lowest BCUT2D eigenvalue weighted by molar-refractivity contribution is -0.136. The first-order valence-corrected chi connectivity index (χ1v) is 11.3. The van der Waals surface area contributed by atoms with Crippen molar-refractivity contribution in [3.63, 3.8) is 0 Å². The highest BCUT2D eigenvalue weighted by Gasteiger charge is 2.45. The zero-order valence-corrected chi connectivity index (χ0v) is 18.1. The predicted molar refractivity (Wildman–Crippen MR) is 115 cm³/mol. The van der Waals surface area contributed by atoms with E-state index < -0.39 is 11.9 Å². The van der Waals surface area contributed by atoms with Crippen LogP contribution >= 0.6 is 0 Å². The molecule has 11 nitrogen and oxygen atoms in total. The number of nitrogens with one attached hydrogen (secondary N) is 1. The van der Waals surface area contributed by atoms with Gasteiger partial charge in [0.1, 0.15) is 6.04 Å². The number of aliphatic hydroxyl groups is 1. The Kier molecular flexibility index (Phi) is 4.63. The molecular weight excluding hydrogens is 440 g/mol. The van der Waals surface area contributed by atoms with Crippen LogP contribution in [0.3, 0.4) is 0 Å². The summed E-state index contributed by atoms with van der Waals surface area (Å²) in [6, 6.07) is 4.21. The second-order valence-electron chi connectivity index (χ2n) is 9.10. The number of likely N-dealkylation sites (tertiary alicyclic amines) is 1. The first kappa shape index (κ1) is 20.7. The number of amides is 4. The van der Waals surface area contributed by atoms with Crippen LogP contribution < -0.4 is 5.32 Å². The third kappa shape index (κ3) is 3.07. The highest BCUT2D eigenvalue weighted by molar-refractivity contribution is 6.05. The standard InChI is InChI=1S/C23H22N6O5/c30-11-19-12-1-2-15(7-12)29(19)23(34)17-10-28(26-25-17)14-3-4-16-13(8-14)9-27(22(16)33)18-5-6-20(31)24-21(18)32/h1-4,8,10,12,15,18-19,30H,5-7,9,11H2,(H,24,31,32). The number of aromatic nitrogens is 3. The van der Waals surface area contributed by atoms with Crippen molar-refractivity contribution in [3.05, 3.63) is 53.4 Å². The molecule has 2 N–H and O–H groups in total. The predicted octanol–water partition coefficient (Wildman–Crippen LogP) is -0.210. The van der Waals surface area contributed by atoms with E-state index in [1.165, 1.54) is 9.58 Å². The van der Waals surface area contributed by atoms with Gasteiger partial charge in [-0.25, -0.2) is 4.68 Å². The molecule has 4 unspecified atom stereocenters. The molecule has 4 heterocycles. The van der Waals surface area contributed by atoms with Crippen molar-refractivity contribution in [2.24, 2.45) is 5.92 Å². The number of nitrogens with zero attached hydrogens (tertiary/aromatic N) is 5. The zero-order chi connectivity index (χ0) is 23.6. The minimum Gasteiger partial charge on any atom is -0.394 e. The van der Waals surface area contributed by atoms with Crippen LogP contribution in [0.25, 0.3) is 5.69 Å². The van der Waals surface area contributed by atoms with Crippen LogP contribution in [-0.4, -0.2) is 78.3 Å². The second-order valence-corrected chi connectivity index (χ2v) is 9.10. The number of hydrogen-bond acceptors (Lipinski definition) is 7. The average molecular weight is 462 g/mol. The van der Waals surface area contributed by atoms with E-state index in [9.17, 15) is 24.3 Å². The van der Waals surface area contributed by atoms with Crippen LogP contribution in [0.4, 0.5) is 0 Å². The van der Waals surface area contributed by atoms with E-state index in [1.807, 2.05) is 6.08 Å². The van der Waals surface area contributed by atoms with Gasteiger partial charge in [-0.05, 0) is 36.6 Å². The van der Waals surface area contributed by atoms with Crippen LogP contribution in [0, 0.1) is 5.92 Å². The maximum atomic E-state index is 13.1. The van der Waals surface area contributed by atoms with Crippen molar-refractivity contribution in [2.45, 2.75) is 43.9 Å². The first-order chi connectivity index (χ1) is 16.4. The van der Waals surface area contributed by atoms with Crippen LogP contribution in [0.2, 0.25) is 0 Å². The van der Waals surface area contributed by atoms with Crippen molar-refractivity contribution >= 4 is 23.6 Å². The Balaban J connectivity index is 1.22. The number of carbonyl (C=O) groups excluding carboxylic acids is 4. The van der Waals surface area contributed by atoms with Crippen LogP contribution in [0.15, 0.2) is 36.5 Å². The molecule has 2 bridgehead atoms. The summed E-state index contributed by atoms with van der Waals surface area (Å²) in [5, 5.41) is 20.2. The molecule has 2 aromatic rings. The minimum atomic E-state index is -0.680. The number of aliphatic hydroxyl groups excluding tert-OH is 1. The fourth-order valence-electron chi connectivity index (χ4n) is 5.50. The van der Waals surface area contributed by atoms with E-state index in [0.717, 1.165) is 12.0 Å². The third-order valence-corrected chi connectivity index (χ3v) is 7.21. The number of piperidine rings is 1. The molecule has 11 heteroatoms. The van der Waals surface area contributed by atoms with Gasteiger partial charge in [0.05, 0.1) is 30.6 Å². The Hall–Kier alpha value is -3.86. The molecule has 1 aromatic carbocycles. The zero-order valence-electron chi connectivity index (χ0n) is 18.1. The summed E-state index contributed by atoms with van der Waals surface area (Å²) >= 11 is 0. The summed E-state index contributed by atoms with van der Waals surface area (Å²) in [5.41, 5.74) is 2.04. The lowest BCUT2D eigenvalue weighted by Crippen LogP contribution is -2.52. The quantitative estimate of drug-likeness (QED) is 0.474. The van der Waals surface area contributed by atoms with Crippen molar-refractivity contribution in [2.75, 3.05) is 6.61 Å². The highest BCUT2D eigenvalue weighted by atomic mass is 16.3. The van der Waals surface area contributed by atoms with Gasteiger partial charge in [0, 0.05) is 24.4 Å². The van der Waals surface area contributed by atoms with Gasteiger partial charge in [0.25, 0.3) is 11.8 Å². The van der Waals surface area contributed by atoms with E-state index in [2.05, 4.69) is 21.7 Å². The Morgan fingerprint density at radius 3 is 2.85 bits per heavy atom. The Morgan fingerprint density at radius 1 is 1.21 bits per heavy atom. The molecule has 1 aromatic heterocycles. The Bertz CT molecular complexity index is 1270. The van der Waals surface area contributed by atoms with Gasteiger partial charge in [-0.2, -0.15) is 0 Å². The Labute approximate surface area is 194 Å². The van der Waals surface area contributed by atoms with Gasteiger partial charge in [-0.15, -0.1) is 5.10 Å². The fourth-order valence-corrected chi connectivity index (χ4v) is 5.50. The number of rotatable bonds is 4. The summed E-state index contributed by atoms with van der Waals surface area (Å²) in [4.78, 5) is 52.8. The minimum absolute atomic E-state index is 0.0379. The number of fused-ring (bicyclic) bond motifs is 3. The molecule has 1 aliphatic carbocycles. The summed E-state index contributed by atoms with van der Waals surface area (Å²) in [6.45, 7) is 0.143. The maximum absolute atomic E-state index is 13.1. The van der Waals surface area contributed by atoms with Crippen LogP contribution in [0.1, 0.15) is 45.7 Å². The molecule has 3 aliphatic heterocycles. The smallest absolute Gasteiger partial charge is 0.276 e. The molecule has 2 saturated heterocycles. The topological polar surface area (TPSA) is 138 Å². The lowest BCUT2D eigenvalue weighted by Gasteiger charge is -2.30. The van der Waals surface area contributed by atoms with E-state index in [4.69, 9.17) is 0 Å². The van der Waals surface area contributed by atoms with Crippen molar-refractivity contribution in [1.82, 2.24) is 30.1 Å².